The van der Waals surface area contributed by atoms with Crippen LogP contribution in [-0.2, 0) is 0 Å². The van der Waals surface area contributed by atoms with Crippen LogP contribution >= 0.6 is 0 Å². The zero-order valence-electron chi connectivity index (χ0n) is 12.3. The summed E-state index contributed by atoms with van der Waals surface area (Å²) < 4.78 is 5.68. The van der Waals surface area contributed by atoms with Gasteiger partial charge in [0, 0.05) is 12.6 Å². The van der Waals surface area contributed by atoms with Crippen LogP contribution in [0.2, 0.25) is 0 Å². The fourth-order valence-corrected chi connectivity index (χ4v) is 2.03. The molecule has 1 heterocycles. The number of anilines is 2. The zero-order chi connectivity index (χ0) is 14.5. The van der Waals surface area contributed by atoms with E-state index in [9.17, 15) is 0 Å². The van der Waals surface area contributed by atoms with Gasteiger partial charge >= 0.3 is 0 Å². The lowest BCUT2D eigenvalue weighted by Gasteiger charge is -2.22. The number of aliphatic hydroxyl groups excluding tert-OH is 1. The molecule has 4 N–H and O–H groups in total. The van der Waals surface area contributed by atoms with Gasteiger partial charge in [0.05, 0.1) is 12.3 Å². The Bertz CT molecular complexity index is 433. The van der Waals surface area contributed by atoms with Gasteiger partial charge in [-0.2, -0.15) is 4.98 Å². The summed E-state index contributed by atoms with van der Waals surface area (Å²) in [5.74, 6) is 2.34. The van der Waals surface area contributed by atoms with E-state index in [4.69, 9.17) is 15.6 Å². The van der Waals surface area contributed by atoms with Crippen LogP contribution in [0.1, 0.15) is 33.1 Å². The average Bonchev–Trinajstić information content (AvgIpc) is 3.22. The first kappa shape index (κ1) is 14.9. The summed E-state index contributed by atoms with van der Waals surface area (Å²) in [6.07, 6.45) is 3.18. The Balaban J connectivity index is 2.00. The molecular weight excluding hydrogens is 254 g/mol. The first-order valence-corrected chi connectivity index (χ1v) is 7.37. The number of nitrogens with two attached hydrogens (primary N) is 1. The predicted octanol–water partition coefficient (Wildman–Crippen LogP) is 2.27. The molecular formula is C15H25N3O2. The van der Waals surface area contributed by atoms with Crippen molar-refractivity contribution in [2.45, 2.75) is 39.2 Å². The lowest BCUT2D eigenvalue weighted by atomic mass is 10.0. The van der Waals surface area contributed by atoms with Crippen molar-refractivity contribution in [3.8, 4) is 5.88 Å². The Morgan fingerprint density at radius 3 is 2.80 bits per heavy atom. The molecule has 1 aromatic heterocycles. The van der Waals surface area contributed by atoms with Gasteiger partial charge in [-0.1, -0.05) is 13.8 Å². The molecule has 112 valence electrons. The van der Waals surface area contributed by atoms with E-state index < -0.39 is 0 Å². The lowest BCUT2D eigenvalue weighted by molar-refractivity contribution is 0.267. The molecule has 0 bridgehead atoms. The number of nitrogen functional groups attached to an aromatic ring is 1. The first-order chi connectivity index (χ1) is 9.60. The minimum Gasteiger partial charge on any atom is -0.476 e. The SMILES string of the molecule is CC(C)C(CCO)Nc1ccc(N)c(OCC2CC2)n1. The van der Waals surface area contributed by atoms with Crippen LogP contribution in [0.4, 0.5) is 11.5 Å². The number of nitrogens with one attached hydrogen (secondary N) is 1. The van der Waals surface area contributed by atoms with E-state index in [1.807, 2.05) is 12.1 Å². The highest BCUT2D eigenvalue weighted by molar-refractivity contribution is 5.53. The molecule has 0 amide bonds. The summed E-state index contributed by atoms with van der Waals surface area (Å²) in [5, 5.41) is 12.5. The van der Waals surface area contributed by atoms with Crippen molar-refractivity contribution in [2.75, 3.05) is 24.3 Å². The molecule has 0 radical (unpaired) electrons. The lowest BCUT2D eigenvalue weighted by Crippen LogP contribution is -2.27. The van der Waals surface area contributed by atoms with E-state index in [0.29, 0.717) is 36.4 Å². The van der Waals surface area contributed by atoms with Crippen molar-refractivity contribution in [1.82, 2.24) is 4.98 Å². The number of rotatable bonds is 8. The highest BCUT2D eigenvalue weighted by Crippen LogP contribution is 2.30. The standard InChI is InChI=1S/C15H25N3O2/c1-10(2)13(7-8-19)17-14-6-5-12(16)15(18-14)20-9-11-3-4-11/h5-6,10-11,13,19H,3-4,7-9,16H2,1-2H3,(H,17,18). The molecule has 1 aliphatic rings. The minimum atomic E-state index is 0.163. The second kappa shape index (κ2) is 6.79. The minimum absolute atomic E-state index is 0.163. The molecule has 0 aromatic carbocycles. The third kappa shape index (κ3) is 4.27. The van der Waals surface area contributed by atoms with E-state index in [1.165, 1.54) is 12.8 Å². The number of ether oxygens (including phenoxy) is 1. The van der Waals surface area contributed by atoms with Gasteiger partial charge in [0.25, 0.3) is 0 Å². The predicted molar refractivity (Wildman–Crippen MR) is 80.8 cm³/mol. The number of aromatic nitrogens is 1. The molecule has 2 rings (SSSR count). The summed E-state index contributed by atoms with van der Waals surface area (Å²) in [6.45, 7) is 5.10. The van der Waals surface area contributed by atoms with Crippen LogP contribution in [0.3, 0.4) is 0 Å². The molecule has 1 atom stereocenters. The van der Waals surface area contributed by atoms with Crippen molar-refractivity contribution >= 4 is 11.5 Å². The smallest absolute Gasteiger partial charge is 0.239 e. The molecule has 5 heteroatoms. The summed E-state index contributed by atoms with van der Waals surface area (Å²) in [7, 11) is 0. The van der Waals surface area contributed by atoms with E-state index in [0.717, 1.165) is 5.82 Å². The van der Waals surface area contributed by atoms with Gasteiger partial charge in [0.2, 0.25) is 5.88 Å². The molecule has 0 aliphatic heterocycles. The Morgan fingerprint density at radius 2 is 2.20 bits per heavy atom. The Kier molecular flexibility index (Phi) is 5.06. The van der Waals surface area contributed by atoms with Crippen LogP contribution in [-0.4, -0.2) is 29.3 Å². The Labute approximate surface area is 120 Å². The van der Waals surface area contributed by atoms with Crippen LogP contribution in [0.5, 0.6) is 5.88 Å². The summed E-state index contributed by atoms with van der Waals surface area (Å²) in [5.41, 5.74) is 6.46. The Morgan fingerprint density at radius 1 is 1.45 bits per heavy atom. The van der Waals surface area contributed by atoms with Gasteiger partial charge in [0.1, 0.15) is 5.82 Å². The summed E-state index contributed by atoms with van der Waals surface area (Å²) >= 11 is 0. The van der Waals surface area contributed by atoms with Gasteiger partial charge in [0.15, 0.2) is 0 Å². The fourth-order valence-electron chi connectivity index (χ4n) is 2.03. The molecule has 0 spiro atoms. The maximum atomic E-state index is 9.11. The third-order valence-electron chi connectivity index (χ3n) is 3.62. The van der Waals surface area contributed by atoms with Crippen LogP contribution < -0.4 is 15.8 Å². The highest BCUT2D eigenvalue weighted by Gasteiger charge is 2.22. The van der Waals surface area contributed by atoms with Crippen LogP contribution in [0.25, 0.3) is 0 Å². The van der Waals surface area contributed by atoms with Gasteiger partial charge in [-0.15, -0.1) is 0 Å². The Hall–Kier alpha value is -1.49. The first-order valence-electron chi connectivity index (χ1n) is 7.37. The van der Waals surface area contributed by atoms with E-state index in [1.54, 1.807) is 0 Å². The monoisotopic (exact) mass is 279 g/mol. The van der Waals surface area contributed by atoms with Gasteiger partial charge in [-0.3, -0.25) is 0 Å². The second-order valence-electron chi connectivity index (χ2n) is 5.85. The molecule has 0 saturated heterocycles. The van der Waals surface area contributed by atoms with E-state index in [2.05, 4.69) is 24.1 Å². The van der Waals surface area contributed by atoms with Crippen LogP contribution in [0, 0.1) is 11.8 Å². The molecule has 1 aromatic rings. The number of pyridine rings is 1. The van der Waals surface area contributed by atoms with Gasteiger partial charge in [-0.25, -0.2) is 0 Å². The molecule has 20 heavy (non-hydrogen) atoms. The van der Waals surface area contributed by atoms with Crippen molar-refractivity contribution in [1.29, 1.82) is 0 Å². The fraction of sp³-hybridized carbons (Fsp3) is 0.667. The summed E-state index contributed by atoms with van der Waals surface area (Å²) in [4.78, 5) is 4.44. The largest absolute Gasteiger partial charge is 0.476 e. The van der Waals surface area contributed by atoms with E-state index in [-0.39, 0.29) is 12.6 Å². The topological polar surface area (TPSA) is 80.4 Å². The number of hydrogen-bond acceptors (Lipinski definition) is 5. The number of hydrogen-bond donors (Lipinski definition) is 3. The molecule has 1 unspecified atom stereocenters. The van der Waals surface area contributed by atoms with E-state index >= 15 is 0 Å². The highest BCUT2D eigenvalue weighted by atomic mass is 16.5. The van der Waals surface area contributed by atoms with Gasteiger partial charge < -0.3 is 20.9 Å². The summed E-state index contributed by atoms with van der Waals surface area (Å²) in [6, 6.07) is 3.85. The third-order valence-corrected chi connectivity index (χ3v) is 3.62. The molecule has 1 fully saturated rings. The number of aliphatic hydroxyl groups is 1. The second-order valence-corrected chi connectivity index (χ2v) is 5.85. The molecule has 5 nitrogen and oxygen atoms in total. The average molecular weight is 279 g/mol. The quantitative estimate of drug-likeness (QED) is 0.680. The van der Waals surface area contributed by atoms with Crippen molar-refractivity contribution in [3.05, 3.63) is 12.1 Å². The normalized spacial score (nSPS) is 16.2. The van der Waals surface area contributed by atoms with Crippen LogP contribution in [0.15, 0.2) is 12.1 Å². The number of nitrogens with zero attached hydrogens (tertiary/aromatic N) is 1. The molecule has 1 aliphatic carbocycles. The zero-order valence-corrected chi connectivity index (χ0v) is 12.3. The van der Waals surface area contributed by atoms with Crippen molar-refractivity contribution in [2.24, 2.45) is 11.8 Å². The molecule has 1 saturated carbocycles. The van der Waals surface area contributed by atoms with Crippen molar-refractivity contribution in [3.63, 3.8) is 0 Å². The van der Waals surface area contributed by atoms with Crippen molar-refractivity contribution < 1.29 is 9.84 Å². The van der Waals surface area contributed by atoms with Gasteiger partial charge in [-0.05, 0) is 43.2 Å². The maximum absolute atomic E-state index is 9.11. The maximum Gasteiger partial charge on any atom is 0.239 e.